The van der Waals surface area contributed by atoms with E-state index in [4.69, 9.17) is 9.72 Å². The van der Waals surface area contributed by atoms with Gasteiger partial charge in [0.05, 0.1) is 18.6 Å². The van der Waals surface area contributed by atoms with Gasteiger partial charge < -0.3 is 15.0 Å². The van der Waals surface area contributed by atoms with Crippen LogP contribution in [0.25, 0.3) is 27.6 Å². The lowest BCUT2D eigenvalue weighted by molar-refractivity contribution is -0.113. The Hall–Kier alpha value is -3.63. The van der Waals surface area contributed by atoms with E-state index < -0.39 is 0 Å². The highest BCUT2D eigenvalue weighted by atomic mass is 32.2. The summed E-state index contributed by atoms with van der Waals surface area (Å²) in [6.07, 6.45) is 1.63. The lowest BCUT2D eigenvalue weighted by atomic mass is 10.2. The van der Waals surface area contributed by atoms with Gasteiger partial charge in [0.15, 0.2) is 10.3 Å². The Morgan fingerprint density at radius 3 is 2.94 bits per heavy atom. The van der Waals surface area contributed by atoms with Crippen LogP contribution >= 0.6 is 23.1 Å². The third kappa shape index (κ3) is 3.74. The van der Waals surface area contributed by atoms with Crippen LogP contribution < -0.4 is 15.6 Å². The molecule has 0 saturated heterocycles. The van der Waals surface area contributed by atoms with Crippen molar-refractivity contribution in [1.82, 2.24) is 19.5 Å². The number of carbonyl (C=O) groups is 1. The molecule has 0 atom stereocenters. The fourth-order valence-electron chi connectivity index (χ4n) is 3.39. The molecule has 160 valence electrons. The van der Waals surface area contributed by atoms with E-state index in [-0.39, 0.29) is 17.2 Å². The number of methoxy groups -OCH3 is 1. The molecule has 10 heteroatoms. The molecule has 0 bridgehead atoms. The molecule has 2 aromatic carbocycles. The van der Waals surface area contributed by atoms with Crippen molar-refractivity contribution in [3.05, 3.63) is 70.5 Å². The van der Waals surface area contributed by atoms with Gasteiger partial charge in [-0.05, 0) is 18.2 Å². The summed E-state index contributed by atoms with van der Waals surface area (Å²) in [6, 6.07) is 14.8. The number of H-pyrrole nitrogens is 1. The second-order valence-corrected chi connectivity index (χ2v) is 8.64. The predicted octanol–water partition coefficient (Wildman–Crippen LogP) is 4.06. The van der Waals surface area contributed by atoms with Gasteiger partial charge in [0.1, 0.15) is 16.8 Å². The molecular weight excluding hydrogens is 446 g/mol. The summed E-state index contributed by atoms with van der Waals surface area (Å²) in [7, 11) is 1.57. The molecule has 0 radical (unpaired) electrons. The Balaban J connectivity index is 1.62. The number of aromatic nitrogens is 4. The monoisotopic (exact) mass is 463 g/mol. The number of benzene rings is 2. The number of nitrogens with one attached hydrogen (secondary N) is 2. The molecule has 0 saturated carbocycles. The number of aromatic amines is 1. The van der Waals surface area contributed by atoms with Crippen molar-refractivity contribution < 1.29 is 9.53 Å². The molecule has 2 N–H and O–H groups in total. The van der Waals surface area contributed by atoms with Crippen molar-refractivity contribution in [3.8, 4) is 11.4 Å². The molecule has 8 nitrogen and oxygen atoms in total. The SMILES string of the molecule is COc1cccc(-n2c(SCC(=O)Nc3nccs3)nc3c([nH]c4ccccc43)c2=O)c1. The lowest BCUT2D eigenvalue weighted by Gasteiger charge is -2.13. The van der Waals surface area contributed by atoms with E-state index in [9.17, 15) is 9.59 Å². The number of rotatable bonds is 6. The van der Waals surface area contributed by atoms with Gasteiger partial charge in [0.2, 0.25) is 5.91 Å². The van der Waals surface area contributed by atoms with E-state index >= 15 is 0 Å². The summed E-state index contributed by atoms with van der Waals surface area (Å²) in [5, 5.41) is 6.33. The van der Waals surface area contributed by atoms with Gasteiger partial charge in [-0.1, -0.05) is 36.0 Å². The third-order valence-corrected chi connectivity index (χ3v) is 6.44. The molecule has 3 heterocycles. The summed E-state index contributed by atoms with van der Waals surface area (Å²) in [5.74, 6) is 0.461. The normalized spacial score (nSPS) is 11.2. The van der Waals surface area contributed by atoms with Gasteiger partial charge in [-0.25, -0.2) is 9.97 Å². The second-order valence-electron chi connectivity index (χ2n) is 6.80. The number of fused-ring (bicyclic) bond motifs is 3. The van der Waals surface area contributed by atoms with E-state index in [2.05, 4.69) is 15.3 Å². The standard InChI is InChI=1S/C22H17N5O3S2/c1-30-14-6-4-5-13(11-14)27-20(29)19-18(15-7-2-3-8-16(15)24-19)26-22(27)32-12-17(28)25-21-23-9-10-31-21/h2-11,24H,12H2,1H3,(H,23,25,28). The van der Waals surface area contributed by atoms with Crippen LogP contribution in [0.15, 0.2) is 70.1 Å². The Labute approximate surface area is 190 Å². The number of hydrogen-bond acceptors (Lipinski definition) is 7. The quantitative estimate of drug-likeness (QED) is 0.291. The van der Waals surface area contributed by atoms with E-state index in [1.165, 1.54) is 27.7 Å². The van der Waals surface area contributed by atoms with Gasteiger partial charge in [0.25, 0.3) is 5.56 Å². The van der Waals surface area contributed by atoms with E-state index in [1.807, 2.05) is 24.3 Å². The van der Waals surface area contributed by atoms with Crippen LogP contribution in [0.3, 0.4) is 0 Å². The van der Waals surface area contributed by atoms with Gasteiger partial charge in [-0.2, -0.15) is 0 Å². The molecule has 0 unspecified atom stereocenters. The highest BCUT2D eigenvalue weighted by molar-refractivity contribution is 7.99. The fraction of sp³-hybridized carbons (Fsp3) is 0.0909. The first-order chi connectivity index (χ1) is 15.6. The summed E-state index contributed by atoms with van der Waals surface area (Å²) >= 11 is 2.53. The number of amides is 1. The number of anilines is 1. The Morgan fingerprint density at radius 2 is 2.12 bits per heavy atom. The van der Waals surface area contributed by atoms with Crippen molar-refractivity contribution >= 4 is 56.1 Å². The number of nitrogens with zero attached hydrogens (tertiary/aromatic N) is 3. The van der Waals surface area contributed by atoms with Crippen LogP contribution in [0.4, 0.5) is 5.13 Å². The maximum Gasteiger partial charge on any atom is 0.283 e. The molecule has 32 heavy (non-hydrogen) atoms. The lowest BCUT2D eigenvalue weighted by Crippen LogP contribution is -2.23. The smallest absolute Gasteiger partial charge is 0.283 e. The second kappa shape index (κ2) is 8.48. The molecule has 5 aromatic rings. The molecule has 3 aromatic heterocycles. The minimum atomic E-state index is -0.248. The Bertz CT molecular complexity index is 1490. The van der Waals surface area contributed by atoms with Crippen molar-refractivity contribution in [3.63, 3.8) is 0 Å². The number of para-hydroxylation sites is 1. The summed E-state index contributed by atoms with van der Waals surface area (Å²) in [5.41, 5.74) is 2.17. The molecule has 0 aliphatic rings. The number of thiazole rings is 1. The van der Waals surface area contributed by atoms with E-state index in [1.54, 1.807) is 43.0 Å². The number of ether oxygens (including phenoxy) is 1. The van der Waals surface area contributed by atoms with Gasteiger partial charge in [-0.3, -0.25) is 14.2 Å². The maximum atomic E-state index is 13.5. The average molecular weight is 464 g/mol. The van der Waals surface area contributed by atoms with Crippen LogP contribution in [-0.4, -0.2) is 38.3 Å². The molecule has 1 amide bonds. The highest BCUT2D eigenvalue weighted by Crippen LogP contribution is 2.27. The van der Waals surface area contributed by atoms with Crippen LogP contribution in [0.2, 0.25) is 0 Å². The van der Waals surface area contributed by atoms with Crippen LogP contribution in [0.5, 0.6) is 5.75 Å². The van der Waals surface area contributed by atoms with Crippen molar-refractivity contribution in [2.45, 2.75) is 5.16 Å². The topological polar surface area (TPSA) is 102 Å². The zero-order valence-corrected chi connectivity index (χ0v) is 18.5. The molecule has 0 aliphatic heterocycles. The van der Waals surface area contributed by atoms with Gasteiger partial charge in [0, 0.05) is 28.5 Å². The number of hydrogen-bond donors (Lipinski definition) is 2. The molecule has 0 aliphatic carbocycles. The first-order valence-electron chi connectivity index (χ1n) is 9.64. The van der Waals surface area contributed by atoms with E-state index in [0.717, 1.165) is 10.9 Å². The predicted molar refractivity (Wildman–Crippen MR) is 127 cm³/mol. The molecule has 0 fully saturated rings. The first kappa shape index (κ1) is 20.3. The molecule has 0 spiro atoms. The van der Waals surface area contributed by atoms with Crippen LogP contribution in [-0.2, 0) is 4.79 Å². The first-order valence-corrected chi connectivity index (χ1v) is 11.5. The van der Waals surface area contributed by atoms with Crippen molar-refractivity contribution in [2.24, 2.45) is 0 Å². The minimum Gasteiger partial charge on any atom is -0.497 e. The van der Waals surface area contributed by atoms with Crippen molar-refractivity contribution in [2.75, 3.05) is 18.2 Å². The fourth-order valence-corrected chi connectivity index (χ4v) is 4.74. The zero-order valence-electron chi connectivity index (χ0n) is 16.9. The van der Waals surface area contributed by atoms with Crippen LogP contribution in [0.1, 0.15) is 0 Å². The summed E-state index contributed by atoms with van der Waals surface area (Å²) in [4.78, 5) is 38.0. The van der Waals surface area contributed by atoms with Crippen molar-refractivity contribution in [1.29, 1.82) is 0 Å². The highest BCUT2D eigenvalue weighted by Gasteiger charge is 2.18. The largest absolute Gasteiger partial charge is 0.497 e. The third-order valence-electron chi connectivity index (χ3n) is 4.82. The Morgan fingerprint density at radius 1 is 1.25 bits per heavy atom. The summed E-state index contributed by atoms with van der Waals surface area (Å²) in [6.45, 7) is 0. The minimum absolute atomic E-state index is 0.0733. The van der Waals surface area contributed by atoms with Crippen LogP contribution in [0, 0.1) is 0 Å². The summed E-state index contributed by atoms with van der Waals surface area (Å²) < 4.78 is 6.83. The number of carbonyl (C=O) groups excluding carboxylic acids is 1. The molecule has 5 rings (SSSR count). The number of thioether (sulfide) groups is 1. The van der Waals surface area contributed by atoms with E-state index in [0.29, 0.717) is 32.8 Å². The molecular formula is C22H17N5O3S2. The zero-order chi connectivity index (χ0) is 22.1. The Kier molecular flexibility index (Phi) is 5.38. The van der Waals surface area contributed by atoms with Gasteiger partial charge in [-0.15, -0.1) is 11.3 Å². The average Bonchev–Trinajstić information content (AvgIpc) is 3.46. The maximum absolute atomic E-state index is 13.5. The van der Waals surface area contributed by atoms with Gasteiger partial charge >= 0.3 is 0 Å².